The van der Waals surface area contributed by atoms with Crippen LogP contribution in [0.25, 0.3) is 0 Å². The third-order valence-corrected chi connectivity index (χ3v) is 3.85. The van der Waals surface area contributed by atoms with Crippen molar-refractivity contribution in [2.75, 3.05) is 11.1 Å². The van der Waals surface area contributed by atoms with Crippen molar-refractivity contribution in [2.45, 2.75) is 52.5 Å². The maximum absolute atomic E-state index is 5.90. The summed E-state index contributed by atoms with van der Waals surface area (Å²) < 4.78 is 0. The van der Waals surface area contributed by atoms with Gasteiger partial charge in [0.25, 0.3) is 0 Å². The van der Waals surface area contributed by atoms with Crippen LogP contribution in [-0.2, 0) is 6.42 Å². The standard InChI is InChI=1S/C14H24N4/c1-4-12-13(15)16-8-17-14(12)18-11-6-9(2)5-10(3)7-11/h8-11H,4-7H2,1-3H3,(H3,15,16,17,18). The van der Waals surface area contributed by atoms with Crippen LogP contribution in [-0.4, -0.2) is 16.0 Å². The van der Waals surface area contributed by atoms with Crippen molar-refractivity contribution in [3.05, 3.63) is 11.9 Å². The van der Waals surface area contributed by atoms with Crippen molar-refractivity contribution in [1.29, 1.82) is 0 Å². The Bertz CT molecular complexity index is 395. The van der Waals surface area contributed by atoms with Crippen LogP contribution in [0.1, 0.15) is 45.6 Å². The minimum atomic E-state index is 0.517. The third kappa shape index (κ3) is 2.92. The molecule has 100 valence electrons. The average molecular weight is 248 g/mol. The Kier molecular flexibility index (Phi) is 4.04. The van der Waals surface area contributed by atoms with Crippen molar-refractivity contribution in [2.24, 2.45) is 11.8 Å². The lowest BCUT2D eigenvalue weighted by atomic mass is 9.80. The molecule has 1 aliphatic carbocycles. The van der Waals surface area contributed by atoms with Gasteiger partial charge in [-0.25, -0.2) is 9.97 Å². The summed E-state index contributed by atoms with van der Waals surface area (Å²) in [4.78, 5) is 8.41. The number of anilines is 2. The second-order valence-electron chi connectivity index (χ2n) is 5.70. The summed E-state index contributed by atoms with van der Waals surface area (Å²) in [6.07, 6.45) is 6.19. The summed E-state index contributed by atoms with van der Waals surface area (Å²) in [6.45, 7) is 6.76. The molecule has 4 nitrogen and oxygen atoms in total. The fourth-order valence-corrected chi connectivity index (χ4v) is 3.16. The molecule has 1 aliphatic rings. The van der Waals surface area contributed by atoms with Gasteiger partial charge in [0.05, 0.1) is 0 Å². The zero-order chi connectivity index (χ0) is 13.1. The maximum atomic E-state index is 5.90. The van der Waals surface area contributed by atoms with E-state index in [1.807, 2.05) is 0 Å². The van der Waals surface area contributed by atoms with Crippen molar-refractivity contribution in [3.63, 3.8) is 0 Å². The molecule has 4 heteroatoms. The molecule has 3 N–H and O–H groups in total. The quantitative estimate of drug-likeness (QED) is 0.863. The minimum absolute atomic E-state index is 0.517. The zero-order valence-corrected chi connectivity index (χ0v) is 11.6. The monoisotopic (exact) mass is 248 g/mol. The largest absolute Gasteiger partial charge is 0.383 e. The molecule has 18 heavy (non-hydrogen) atoms. The number of nitrogens with zero attached hydrogens (tertiary/aromatic N) is 2. The molecule has 0 radical (unpaired) electrons. The highest BCUT2D eigenvalue weighted by Crippen LogP contribution is 2.31. The average Bonchev–Trinajstić information content (AvgIpc) is 2.27. The van der Waals surface area contributed by atoms with E-state index in [0.29, 0.717) is 11.9 Å². The first kappa shape index (κ1) is 13.1. The molecule has 0 bridgehead atoms. The summed E-state index contributed by atoms with van der Waals surface area (Å²) in [7, 11) is 0. The van der Waals surface area contributed by atoms with E-state index in [4.69, 9.17) is 5.73 Å². The predicted octanol–water partition coefficient (Wildman–Crippen LogP) is 2.86. The Morgan fingerprint density at radius 2 is 1.89 bits per heavy atom. The van der Waals surface area contributed by atoms with Gasteiger partial charge in [0.1, 0.15) is 18.0 Å². The van der Waals surface area contributed by atoms with Crippen LogP contribution in [0.2, 0.25) is 0 Å². The molecule has 1 aromatic rings. The van der Waals surface area contributed by atoms with Crippen LogP contribution in [0.15, 0.2) is 6.33 Å². The van der Waals surface area contributed by atoms with Crippen molar-refractivity contribution >= 4 is 11.6 Å². The van der Waals surface area contributed by atoms with Gasteiger partial charge in [-0.15, -0.1) is 0 Å². The van der Waals surface area contributed by atoms with Crippen LogP contribution in [0.4, 0.5) is 11.6 Å². The normalized spacial score (nSPS) is 28.1. The number of rotatable bonds is 3. The lowest BCUT2D eigenvalue weighted by Gasteiger charge is -2.32. The molecule has 1 aromatic heterocycles. The SMILES string of the molecule is CCc1c(N)ncnc1NC1CC(C)CC(C)C1. The summed E-state index contributed by atoms with van der Waals surface area (Å²) in [5.41, 5.74) is 6.95. The molecular weight excluding hydrogens is 224 g/mol. The summed E-state index contributed by atoms with van der Waals surface area (Å²) in [5.74, 6) is 3.11. The molecule has 2 atom stereocenters. The van der Waals surface area contributed by atoms with Gasteiger partial charge < -0.3 is 11.1 Å². The van der Waals surface area contributed by atoms with Crippen LogP contribution in [0.5, 0.6) is 0 Å². The number of hydrogen-bond donors (Lipinski definition) is 2. The highest BCUT2D eigenvalue weighted by atomic mass is 15.1. The molecule has 1 fully saturated rings. The molecule has 0 saturated heterocycles. The maximum Gasteiger partial charge on any atom is 0.134 e. The highest BCUT2D eigenvalue weighted by Gasteiger charge is 2.24. The highest BCUT2D eigenvalue weighted by molar-refractivity contribution is 5.55. The number of hydrogen-bond acceptors (Lipinski definition) is 4. The molecule has 1 heterocycles. The van der Waals surface area contributed by atoms with E-state index in [2.05, 4.69) is 36.1 Å². The van der Waals surface area contributed by atoms with Gasteiger partial charge in [-0.3, -0.25) is 0 Å². The number of nitrogens with two attached hydrogens (primary N) is 1. The molecule has 2 rings (SSSR count). The zero-order valence-electron chi connectivity index (χ0n) is 11.6. The van der Waals surface area contributed by atoms with Crippen molar-refractivity contribution in [1.82, 2.24) is 9.97 Å². The van der Waals surface area contributed by atoms with Gasteiger partial charge >= 0.3 is 0 Å². The first-order valence-electron chi connectivity index (χ1n) is 6.96. The Hall–Kier alpha value is -1.32. The van der Waals surface area contributed by atoms with E-state index in [9.17, 15) is 0 Å². The van der Waals surface area contributed by atoms with Crippen LogP contribution >= 0.6 is 0 Å². The molecule has 0 aromatic carbocycles. The first-order chi connectivity index (χ1) is 8.60. The lowest BCUT2D eigenvalue weighted by Crippen LogP contribution is -2.31. The predicted molar refractivity (Wildman–Crippen MR) is 75.4 cm³/mol. The van der Waals surface area contributed by atoms with E-state index in [0.717, 1.165) is 29.6 Å². The second-order valence-corrected chi connectivity index (χ2v) is 5.70. The van der Waals surface area contributed by atoms with Gasteiger partial charge in [-0.1, -0.05) is 20.8 Å². The van der Waals surface area contributed by atoms with Crippen molar-refractivity contribution in [3.8, 4) is 0 Å². The second kappa shape index (κ2) is 5.55. The Balaban J connectivity index is 2.11. The molecule has 0 aliphatic heterocycles. The van der Waals surface area contributed by atoms with Crippen LogP contribution < -0.4 is 11.1 Å². The Morgan fingerprint density at radius 1 is 1.22 bits per heavy atom. The van der Waals surface area contributed by atoms with Crippen LogP contribution in [0, 0.1) is 11.8 Å². The van der Waals surface area contributed by atoms with Crippen LogP contribution in [0.3, 0.4) is 0 Å². The lowest BCUT2D eigenvalue weighted by molar-refractivity contribution is 0.280. The van der Waals surface area contributed by atoms with E-state index < -0.39 is 0 Å². The molecular formula is C14H24N4. The van der Waals surface area contributed by atoms with Gasteiger partial charge in [0, 0.05) is 11.6 Å². The molecule has 1 saturated carbocycles. The Morgan fingerprint density at radius 3 is 2.50 bits per heavy atom. The molecule has 2 unspecified atom stereocenters. The summed E-state index contributed by atoms with van der Waals surface area (Å²) in [5, 5.41) is 3.57. The molecule has 0 amide bonds. The summed E-state index contributed by atoms with van der Waals surface area (Å²) in [6, 6.07) is 0.517. The van der Waals surface area contributed by atoms with E-state index in [1.165, 1.54) is 19.3 Å². The summed E-state index contributed by atoms with van der Waals surface area (Å²) >= 11 is 0. The van der Waals surface area contributed by atoms with Gasteiger partial charge in [0.15, 0.2) is 0 Å². The smallest absolute Gasteiger partial charge is 0.134 e. The molecule has 0 spiro atoms. The van der Waals surface area contributed by atoms with E-state index in [1.54, 1.807) is 6.33 Å². The number of nitrogens with one attached hydrogen (secondary N) is 1. The van der Waals surface area contributed by atoms with E-state index in [-0.39, 0.29) is 0 Å². The number of nitrogen functional groups attached to an aromatic ring is 1. The minimum Gasteiger partial charge on any atom is -0.383 e. The van der Waals surface area contributed by atoms with Gasteiger partial charge in [-0.05, 0) is 37.5 Å². The fraction of sp³-hybridized carbons (Fsp3) is 0.714. The van der Waals surface area contributed by atoms with Gasteiger partial charge in [0.2, 0.25) is 0 Å². The topological polar surface area (TPSA) is 63.8 Å². The first-order valence-corrected chi connectivity index (χ1v) is 6.96. The third-order valence-electron chi connectivity index (χ3n) is 3.85. The fourth-order valence-electron chi connectivity index (χ4n) is 3.16. The van der Waals surface area contributed by atoms with Crippen molar-refractivity contribution < 1.29 is 0 Å². The number of aromatic nitrogens is 2. The Labute approximate surface area is 109 Å². The van der Waals surface area contributed by atoms with Gasteiger partial charge in [-0.2, -0.15) is 0 Å². The van der Waals surface area contributed by atoms with E-state index >= 15 is 0 Å².